The zero-order valence-electron chi connectivity index (χ0n) is 11.4. The van der Waals surface area contributed by atoms with Crippen molar-refractivity contribution >= 4 is 22.8 Å². The molecule has 0 radical (unpaired) electrons. The standard InChI is InChI=1S/C15H16N2O4/c18-12-3-4-13-10(9-12)1-2-11(17-13)7-8-16-14(19)5-6-15(20)21/h1-4,9,18H,5-8H2,(H,16,19)(H,20,21). The van der Waals surface area contributed by atoms with E-state index >= 15 is 0 Å². The van der Waals surface area contributed by atoms with Crippen LogP contribution in [0, 0.1) is 0 Å². The SMILES string of the molecule is O=C(O)CCC(=O)NCCc1ccc2cc(O)ccc2n1. The molecule has 0 bridgehead atoms. The van der Waals surface area contributed by atoms with Crippen LogP contribution in [0.4, 0.5) is 0 Å². The Morgan fingerprint density at radius 3 is 2.71 bits per heavy atom. The van der Waals surface area contributed by atoms with Crippen LogP contribution in [0.1, 0.15) is 18.5 Å². The summed E-state index contributed by atoms with van der Waals surface area (Å²) < 4.78 is 0. The van der Waals surface area contributed by atoms with Gasteiger partial charge >= 0.3 is 5.97 Å². The Kier molecular flexibility index (Phi) is 4.71. The number of carbonyl (C=O) groups is 2. The van der Waals surface area contributed by atoms with Gasteiger partial charge in [0, 0.05) is 30.5 Å². The highest BCUT2D eigenvalue weighted by atomic mass is 16.4. The first kappa shape index (κ1) is 14.8. The highest BCUT2D eigenvalue weighted by Crippen LogP contribution is 2.18. The third-order valence-corrected chi connectivity index (χ3v) is 3.00. The highest BCUT2D eigenvalue weighted by molar-refractivity contribution is 5.81. The number of hydrogen-bond donors (Lipinski definition) is 3. The number of nitrogens with one attached hydrogen (secondary N) is 1. The third-order valence-electron chi connectivity index (χ3n) is 3.00. The summed E-state index contributed by atoms with van der Waals surface area (Å²) in [5, 5.41) is 21.4. The van der Waals surface area contributed by atoms with E-state index in [0.29, 0.717) is 13.0 Å². The molecule has 1 heterocycles. The van der Waals surface area contributed by atoms with Gasteiger partial charge in [-0.25, -0.2) is 0 Å². The van der Waals surface area contributed by atoms with Crippen molar-refractivity contribution in [1.29, 1.82) is 0 Å². The van der Waals surface area contributed by atoms with Gasteiger partial charge < -0.3 is 15.5 Å². The summed E-state index contributed by atoms with van der Waals surface area (Å²) in [5.74, 6) is -1.06. The lowest BCUT2D eigenvalue weighted by atomic mass is 10.1. The second kappa shape index (κ2) is 6.69. The third kappa shape index (κ3) is 4.45. The lowest BCUT2D eigenvalue weighted by Gasteiger charge is -2.05. The van der Waals surface area contributed by atoms with Crippen LogP contribution < -0.4 is 5.32 Å². The fourth-order valence-corrected chi connectivity index (χ4v) is 1.93. The molecule has 0 aliphatic rings. The van der Waals surface area contributed by atoms with Crippen molar-refractivity contribution < 1.29 is 19.8 Å². The summed E-state index contributed by atoms with van der Waals surface area (Å²) in [5.41, 5.74) is 1.61. The first-order valence-corrected chi connectivity index (χ1v) is 6.62. The minimum absolute atomic E-state index is 0.0141. The van der Waals surface area contributed by atoms with Crippen molar-refractivity contribution in [2.24, 2.45) is 0 Å². The number of hydrogen-bond acceptors (Lipinski definition) is 4. The molecule has 0 saturated carbocycles. The van der Waals surface area contributed by atoms with E-state index < -0.39 is 5.97 Å². The van der Waals surface area contributed by atoms with Gasteiger partial charge in [-0.3, -0.25) is 14.6 Å². The highest BCUT2D eigenvalue weighted by Gasteiger charge is 2.05. The van der Waals surface area contributed by atoms with Gasteiger partial charge in [0.25, 0.3) is 0 Å². The minimum Gasteiger partial charge on any atom is -0.508 e. The van der Waals surface area contributed by atoms with Crippen molar-refractivity contribution in [2.45, 2.75) is 19.3 Å². The molecule has 6 nitrogen and oxygen atoms in total. The molecule has 21 heavy (non-hydrogen) atoms. The number of fused-ring (bicyclic) bond motifs is 1. The normalized spacial score (nSPS) is 10.5. The molecule has 0 aliphatic heterocycles. The summed E-state index contributed by atoms with van der Waals surface area (Å²) in [7, 11) is 0. The van der Waals surface area contributed by atoms with Gasteiger partial charge in [-0.2, -0.15) is 0 Å². The van der Waals surface area contributed by atoms with Crippen LogP contribution in [0.5, 0.6) is 5.75 Å². The van der Waals surface area contributed by atoms with Crippen LogP contribution >= 0.6 is 0 Å². The number of phenols is 1. The van der Waals surface area contributed by atoms with Gasteiger partial charge in [0.1, 0.15) is 5.75 Å². The van der Waals surface area contributed by atoms with Crippen molar-refractivity contribution in [3.8, 4) is 5.75 Å². The zero-order chi connectivity index (χ0) is 15.2. The molecule has 0 spiro atoms. The number of benzene rings is 1. The van der Waals surface area contributed by atoms with E-state index in [1.807, 2.05) is 12.1 Å². The maximum atomic E-state index is 11.4. The Labute approximate surface area is 121 Å². The summed E-state index contributed by atoms with van der Waals surface area (Å²) in [6.45, 7) is 0.412. The summed E-state index contributed by atoms with van der Waals surface area (Å²) in [6, 6.07) is 8.65. The monoisotopic (exact) mass is 288 g/mol. The smallest absolute Gasteiger partial charge is 0.303 e. The van der Waals surface area contributed by atoms with Gasteiger partial charge in [0.15, 0.2) is 0 Å². The molecule has 110 valence electrons. The molecular weight excluding hydrogens is 272 g/mol. The van der Waals surface area contributed by atoms with Crippen LogP contribution in [0.3, 0.4) is 0 Å². The summed E-state index contributed by atoms with van der Waals surface area (Å²) in [4.78, 5) is 26.1. The molecule has 1 aromatic carbocycles. The van der Waals surface area contributed by atoms with E-state index in [1.54, 1.807) is 18.2 Å². The van der Waals surface area contributed by atoms with Crippen LogP contribution in [0.15, 0.2) is 30.3 Å². The molecule has 2 aromatic rings. The van der Waals surface area contributed by atoms with Gasteiger partial charge in [0.05, 0.1) is 11.9 Å². The van der Waals surface area contributed by atoms with Gasteiger partial charge in [-0.05, 0) is 24.3 Å². The second-order valence-electron chi connectivity index (χ2n) is 4.67. The van der Waals surface area contributed by atoms with Crippen LogP contribution in [-0.4, -0.2) is 33.6 Å². The molecule has 0 atom stereocenters. The fourth-order valence-electron chi connectivity index (χ4n) is 1.93. The zero-order valence-corrected chi connectivity index (χ0v) is 11.4. The molecule has 6 heteroatoms. The fraction of sp³-hybridized carbons (Fsp3) is 0.267. The van der Waals surface area contributed by atoms with Crippen molar-refractivity contribution in [1.82, 2.24) is 10.3 Å². The lowest BCUT2D eigenvalue weighted by molar-refractivity contribution is -0.138. The van der Waals surface area contributed by atoms with E-state index in [4.69, 9.17) is 5.11 Å². The van der Waals surface area contributed by atoms with Gasteiger partial charge in [-0.1, -0.05) is 6.07 Å². The van der Waals surface area contributed by atoms with Gasteiger partial charge in [-0.15, -0.1) is 0 Å². The maximum Gasteiger partial charge on any atom is 0.303 e. The number of aromatic hydroxyl groups is 1. The van der Waals surface area contributed by atoms with E-state index in [2.05, 4.69) is 10.3 Å². The average Bonchev–Trinajstić information content (AvgIpc) is 2.45. The number of carboxylic acid groups (broad SMARTS) is 1. The van der Waals surface area contributed by atoms with E-state index in [-0.39, 0.29) is 24.5 Å². The van der Waals surface area contributed by atoms with Crippen LogP contribution in [0.25, 0.3) is 10.9 Å². The Balaban J connectivity index is 1.87. The Morgan fingerprint density at radius 2 is 1.95 bits per heavy atom. The molecule has 0 saturated heterocycles. The first-order chi connectivity index (χ1) is 10.0. The number of phenolic OH excluding ortho intramolecular Hbond substituents is 1. The molecule has 0 aliphatic carbocycles. The van der Waals surface area contributed by atoms with E-state index in [1.165, 1.54) is 0 Å². The molecule has 1 amide bonds. The summed E-state index contributed by atoms with van der Waals surface area (Å²) in [6.07, 6.45) is 0.388. The molecular formula is C15H16N2O4. The number of rotatable bonds is 6. The van der Waals surface area contributed by atoms with Crippen LogP contribution in [-0.2, 0) is 16.0 Å². The molecule has 2 rings (SSSR count). The number of carbonyl (C=O) groups excluding carboxylic acids is 1. The molecule has 0 fully saturated rings. The molecule has 1 aromatic heterocycles. The first-order valence-electron chi connectivity index (χ1n) is 6.62. The number of aromatic nitrogens is 1. The number of carboxylic acids is 1. The predicted octanol–water partition coefficient (Wildman–Crippen LogP) is 1.46. The number of amides is 1. The Morgan fingerprint density at radius 1 is 1.14 bits per heavy atom. The number of pyridine rings is 1. The molecule has 3 N–H and O–H groups in total. The topological polar surface area (TPSA) is 99.5 Å². The maximum absolute atomic E-state index is 11.4. The predicted molar refractivity (Wildman–Crippen MR) is 77.0 cm³/mol. The average molecular weight is 288 g/mol. The molecule has 0 unspecified atom stereocenters. The Bertz CT molecular complexity index is 670. The van der Waals surface area contributed by atoms with Gasteiger partial charge in [0.2, 0.25) is 5.91 Å². The summed E-state index contributed by atoms with van der Waals surface area (Å²) >= 11 is 0. The quantitative estimate of drug-likeness (QED) is 0.747. The number of aliphatic carboxylic acids is 1. The van der Waals surface area contributed by atoms with Crippen molar-refractivity contribution in [2.75, 3.05) is 6.54 Å². The largest absolute Gasteiger partial charge is 0.508 e. The second-order valence-corrected chi connectivity index (χ2v) is 4.67. The lowest BCUT2D eigenvalue weighted by Crippen LogP contribution is -2.26. The Hall–Kier alpha value is -2.63. The van der Waals surface area contributed by atoms with Crippen molar-refractivity contribution in [3.05, 3.63) is 36.0 Å². The van der Waals surface area contributed by atoms with Crippen LogP contribution in [0.2, 0.25) is 0 Å². The van der Waals surface area contributed by atoms with E-state index in [0.717, 1.165) is 16.6 Å². The van der Waals surface area contributed by atoms with E-state index in [9.17, 15) is 14.7 Å². The minimum atomic E-state index is -0.982. The van der Waals surface area contributed by atoms with Crippen molar-refractivity contribution in [3.63, 3.8) is 0 Å². The number of nitrogens with zero attached hydrogens (tertiary/aromatic N) is 1.